The van der Waals surface area contributed by atoms with Gasteiger partial charge >= 0.3 is 0 Å². The minimum Gasteiger partial charge on any atom is -0.508 e. The predicted molar refractivity (Wildman–Crippen MR) is 96.5 cm³/mol. The van der Waals surface area contributed by atoms with Gasteiger partial charge < -0.3 is 15.1 Å². The van der Waals surface area contributed by atoms with Crippen LogP contribution in [-0.4, -0.2) is 46.9 Å². The minimum absolute atomic E-state index is 0.0876. The monoisotopic (exact) mass is 363 g/mol. The fourth-order valence-electron chi connectivity index (χ4n) is 2.79. The SMILES string of the molecule is CC(CCc1ccc(O)cc1Cl)C1=CC(=O)C(N(C)CCO)=CC1=O. The van der Waals surface area contributed by atoms with Crippen molar-refractivity contribution in [1.29, 1.82) is 0 Å². The molecule has 0 amide bonds. The first-order valence-corrected chi connectivity index (χ1v) is 8.52. The largest absolute Gasteiger partial charge is 0.508 e. The number of benzene rings is 1. The maximum atomic E-state index is 12.4. The van der Waals surface area contributed by atoms with E-state index in [-0.39, 0.29) is 29.8 Å². The number of hydrogen-bond acceptors (Lipinski definition) is 5. The van der Waals surface area contributed by atoms with Crippen molar-refractivity contribution < 1.29 is 19.8 Å². The molecule has 1 atom stereocenters. The lowest BCUT2D eigenvalue weighted by Gasteiger charge is -2.24. The van der Waals surface area contributed by atoms with Gasteiger partial charge in [-0.3, -0.25) is 9.59 Å². The van der Waals surface area contributed by atoms with Gasteiger partial charge in [0, 0.05) is 30.3 Å². The molecular weight excluding hydrogens is 342 g/mol. The van der Waals surface area contributed by atoms with Crippen molar-refractivity contribution in [2.24, 2.45) is 5.92 Å². The van der Waals surface area contributed by atoms with E-state index < -0.39 is 0 Å². The summed E-state index contributed by atoms with van der Waals surface area (Å²) in [6, 6.07) is 4.82. The topological polar surface area (TPSA) is 77.8 Å². The lowest BCUT2D eigenvalue weighted by Crippen LogP contribution is -2.30. The molecule has 6 heteroatoms. The zero-order valence-corrected chi connectivity index (χ0v) is 15.1. The lowest BCUT2D eigenvalue weighted by molar-refractivity contribution is -0.116. The number of carbonyl (C=O) groups excluding carboxylic acids is 2. The van der Waals surface area contributed by atoms with Crippen LogP contribution in [0.5, 0.6) is 5.75 Å². The number of allylic oxidation sites excluding steroid dienone is 3. The summed E-state index contributed by atoms with van der Waals surface area (Å²) in [7, 11) is 1.67. The summed E-state index contributed by atoms with van der Waals surface area (Å²) in [5.74, 6) is -0.381. The summed E-state index contributed by atoms with van der Waals surface area (Å²) in [5.41, 5.74) is 1.68. The molecular formula is C19H22ClNO4. The van der Waals surface area contributed by atoms with Gasteiger partial charge in [-0.15, -0.1) is 0 Å². The summed E-state index contributed by atoms with van der Waals surface area (Å²) in [6.07, 6.45) is 4.04. The number of rotatable bonds is 7. The van der Waals surface area contributed by atoms with E-state index in [9.17, 15) is 14.7 Å². The van der Waals surface area contributed by atoms with Crippen LogP contribution >= 0.6 is 11.6 Å². The smallest absolute Gasteiger partial charge is 0.202 e. The van der Waals surface area contributed by atoms with E-state index in [4.69, 9.17) is 16.7 Å². The average Bonchev–Trinajstić information content (AvgIpc) is 2.55. The molecule has 1 aliphatic carbocycles. The van der Waals surface area contributed by atoms with E-state index in [2.05, 4.69) is 0 Å². The standard InChI is InChI=1S/C19H22ClNO4/c1-12(3-4-13-5-6-14(23)9-16(13)20)15-10-19(25)17(11-18(15)24)21(2)7-8-22/h5-6,9-12,22-23H,3-4,7-8H2,1-2H3. The van der Waals surface area contributed by atoms with Crippen molar-refractivity contribution in [3.63, 3.8) is 0 Å². The van der Waals surface area contributed by atoms with Crippen molar-refractivity contribution in [2.75, 3.05) is 20.2 Å². The Morgan fingerprint density at radius 3 is 2.56 bits per heavy atom. The van der Waals surface area contributed by atoms with Crippen molar-refractivity contribution in [2.45, 2.75) is 19.8 Å². The van der Waals surface area contributed by atoms with Gasteiger partial charge in [0.25, 0.3) is 0 Å². The molecule has 0 fully saturated rings. The van der Waals surface area contributed by atoms with Crippen LogP contribution in [0.4, 0.5) is 0 Å². The number of hydrogen-bond donors (Lipinski definition) is 2. The number of halogens is 1. The second-order valence-electron chi connectivity index (χ2n) is 6.22. The molecule has 0 saturated carbocycles. The minimum atomic E-state index is -0.222. The predicted octanol–water partition coefficient (Wildman–Crippen LogP) is 2.50. The Morgan fingerprint density at radius 1 is 1.20 bits per heavy atom. The van der Waals surface area contributed by atoms with E-state index in [1.54, 1.807) is 24.1 Å². The molecule has 1 aromatic rings. The fourth-order valence-corrected chi connectivity index (χ4v) is 3.05. The van der Waals surface area contributed by atoms with Gasteiger partial charge in [-0.2, -0.15) is 0 Å². The molecule has 134 valence electrons. The highest BCUT2D eigenvalue weighted by molar-refractivity contribution is 6.31. The van der Waals surface area contributed by atoms with Crippen molar-refractivity contribution in [1.82, 2.24) is 4.90 Å². The van der Waals surface area contributed by atoms with Crippen LogP contribution < -0.4 is 0 Å². The second-order valence-corrected chi connectivity index (χ2v) is 6.63. The highest BCUT2D eigenvalue weighted by atomic mass is 35.5. The van der Waals surface area contributed by atoms with Gasteiger partial charge in [0.05, 0.1) is 12.3 Å². The molecule has 0 saturated heterocycles. The highest BCUT2D eigenvalue weighted by Gasteiger charge is 2.25. The number of phenolic OH excluding ortho intramolecular Hbond substituents is 1. The van der Waals surface area contributed by atoms with Gasteiger partial charge in [-0.25, -0.2) is 0 Å². The Morgan fingerprint density at radius 2 is 1.92 bits per heavy atom. The summed E-state index contributed by atoms with van der Waals surface area (Å²) in [6.45, 7) is 2.11. The molecule has 1 aromatic carbocycles. The molecule has 5 nitrogen and oxygen atoms in total. The average molecular weight is 364 g/mol. The number of aryl methyl sites for hydroxylation is 1. The zero-order chi connectivity index (χ0) is 18.6. The second kappa shape index (κ2) is 8.32. The van der Waals surface area contributed by atoms with Crippen LogP contribution in [0, 0.1) is 5.92 Å². The van der Waals surface area contributed by atoms with E-state index >= 15 is 0 Å². The number of phenols is 1. The van der Waals surface area contributed by atoms with Crippen LogP contribution in [0.15, 0.2) is 41.6 Å². The number of ketones is 2. The first-order chi connectivity index (χ1) is 11.8. The first-order valence-electron chi connectivity index (χ1n) is 8.14. The Kier molecular flexibility index (Phi) is 6.39. The Balaban J connectivity index is 2.05. The maximum Gasteiger partial charge on any atom is 0.202 e. The summed E-state index contributed by atoms with van der Waals surface area (Å²) < 4.78 is 0. The number of aliphatic hydroxyl groups is 1. The van der Waals surface area contributed by atoms with E-state index in [1.165, 1.54) is 18.2 Å². The molecule has 0 aromatic heterocycles. The van der Waals surface area contributed by atoms with Crippen LogP contribution in [0.1, 0.15) is 18.9 Å². The molecule has 1 unspecified atom stereocenters. The summed E-state index contributed by atoms with van der Waals surface area (Å²) in [5, 5.41) is 18.8. The van der Waals surface area contributed by atoms with Crippen molar-refractivity contribution >= 4 is 23.2 Å². The molecule has 0 heterocycles. The van der Waals surface area contributed by atoms with Crippen LogP contribution in [0.2, 0.25) is 5.02 Å². The normalized spacial score (nSPS) is 15.7. The van der Waals surface area contributed by atoms with Crippen molar-refractivity contribution in [3.05, 3.63) is 52.2 Å². The summed E-state index contributed by atoms with van der Waals surface area (Å²) in [4.78, 5) is 26.2. The van der Waals surface area contributed by atoms with Crippen LogP contribution in [0.3, 0.4) is 0 Å². The van der Waals surface area contributed by atoms with Gasteiger partial charge in [0.15, 0.2) is 5.78 Å². The van der Waals surface area contributed by atoms with Crippen LogP contribution in [-0.2, 0) is 16.0 Å². The Bertz CT molecular complexity index is 739. The van der Waals surface area contributed by atoms with E-state index in [1.807, 2.05) is 6.92 Å². The number of carbonyl (C=O) groups is 2. The zero-order valence-electron chi connectivity index (χ0n) is 14.3. The number of nitrogens with zero attached hydrogens (tertiary/aromatic N) is 1. The van der Waals surface area contributed by atoms with Gasteiger partial charge in [0.1, 0.15) is 5.75 Å². The number of aliphatic hydroxyl groups excluding tert-OH is 1. The third kappa shape index (κ3) is 4.71. The third-order valence-corrected chi connectivity index (χ3v) is 4.70. The highest BCUT2D eigenvalue weighted by Crippen LogP contribution is 2.27. The van der Waals surface area contributed by atoms with Gasteiger partial charge in [-0.05, 0) is 42.5 Å². The van der Waals surface area contributed by atoms with Crippen LogP contribution in [0.25, 0.3) is 0 Å². The molecule has 0 spiro atoms. The molecule has 0 aliphatic heterocycles. The number of aromatic hydroxyl groups is 1. The summed E-state index contributed by atoms with van der Waals surface area (Å²) >= 11 is 6.10. The van der Waals surface area contributed by atoms with E-state index in [0.29, 0.717) is 35.7 Å². The molecule has 0 radical (unpaired) electrons. The molecule has 2 N–H and O–H groups in total. The van der Waals surface area contributed by atoms with Gasteiger partial charge in [-0.1, -0.05) is 24.6 Å². The maximum absolute atomic E-state index is 12.4. The Labute approximate surface area is 152 Å². The fraction of sp³-hybridized carbons (Fsp3) is 0.368. The first kappa shape index (κ1) is 19.2. The Hall–Kier alpha value is -2.11. The number of likely N-dealkylation sites (N-methyl/N-ethyl adjacent to an activating group) is 1. The quantitative estimate of drug-likeness (QED) is 0.728. The molecule has 1 aliphatic rings. The lowest BCUT2D eigenvalue weighted by atomic mass is 9.87. The molecule has 25 heavy (non-hydrogen) atoms. The van der Waals surface area contributed by atoms with E-state index in [0.717, 1.165) is 5.56 Å². The molecule has 2 rings (SSSR count). The van der Waals surface area contributed by atoms with Gasteiger partial charge in [0.2, 0.25) is 5.78 Å². The molecule has 0 bridgehead atoms. The van der Waals surface area contributed by atoms with Crippen molar-refractivity contribution in [3.8, 4) is 5.75 Å². The third-order valence-electron chi connectivity index (χ3n) is 4.35.